The van der Waals surface area contributed by atoms with Crippen LogP contribution in [-0.2, 0) is 9.53 Å². The molecule has 0 aromatic heterocycles. The quantitative estimate of drug-likeness (QED) is 0.766. The van der Waals surface area contributed by atoms with E-state index < -0.39 is 0 Å². The molecule has 2 fully saturated rings. The molecule has 1 amide bonds. The molecule has 2 saturated heterocycles. The van der Waals surface area contributed by atoms with Gasteiger partial charge in [0.25, 0.3) is 0 Å². The topological polar surface area (TPSA) is 55.6 Å². The molecule has 2 aliphatic rings. The first-order chi connectivity index (χ1) is 9.26. The minimum Gasteiger partial charge on any atom is -0.381 e. The number of carbonyl (C=O) groups excluding carboxylic acids is 1. The molecule has 4 nitrogen and oxygen atoms in total. The summed E-state index contributed by atoms with van der Waals surface area (Å²) in [6.07, 6.45) is 8.56. The number of halogens is 1. The van der Waals surface area contributed by atoms with Crippen LogP contribution in [0.15, 0.2) is 0 Å². The molecule has 2 rings (SSSR count). The van der Waals surface area contributed by atoms with Crippen molar-refractivity contribution in [3.63, 3.8) is 0 Å². The van der Waals surface area contributed by atoms with Crippen molar-refractivity contribution in [2.45, 2.75) is 51.4 Å². The number of likely N-dealkylation sites (tertiary alicyclic amines) is 1. The van der Waals surface area contributed by atoms with E-state index in [0.29, 0.717) is 11.3 Å². The number of unbranched alkanes of at least 4 members (excludes halogenated alkanes) is 3. The van der Waals surface area contributed by atoms with Crippen LogP contribution in [0.2, 0.25) is 0 Å². The normalized spacial score (nSPS) is 20.9. The van der Waals surface area contributed by atoms with Crippen LogP contribution in [0.1, 0.15) is 51.4 Å². The lowest BCUT2D eigenvalue weighted by Crippen LogP contribution is -2.35. The Kier molecular flexibility index (Phi) is 7.85. The fourth-order valence-corrected chi connectivity index (χ4v) is 3.29. The number of amides is 1. The molecule has 1 spiro atoms. The summed E-state index contributed by atoms with van der Waals surface area (Å²) >= 11 is 0. The Hall–Kier alpha value is -0.320. The van der Waals surface area contributed by atoms with Crippen LogP contribution < -0.4 is 5.73 Å². The number of carbonyl (C=O) groups is 1. The highest BCUT2D eigenvalue weighted by atomic mass is 35.5. The first-order valence-electron chi connectivity index (χ1n) is 7.81. The van der Waals surface area contributed by atoms with Crippen LogP contribution in [0.5, 0.6) is 0 Å². The molecule has 0 radical (unpaired) electrons. The Balaban J connectivity index is 0.00000200. The van der Waals surface area contributed by atoms with Gasteiger partial charge in [-0.1, -0.05) is 12.8 Å². The van der Waals surface area contributed by atoms with Crippen LogP contribution in [0, 0.1) is 5.41 Å². The highest BCUT2D eigenvalue weighted by molar-refractivity contribution is 5.85. The molecule has 0 aliphatic carbocycles. The zero-order valence-electron chi connectivity index (χ0n) is 12.4. The van der Waals surface area contributed by atoms with Gasteiger partial charge in [-0.25, -0.2) is 0 Å². The van der Waals surface area contributed by atoms with Gasteiger partial charge >= 0.3 is 0 Å². The van der Waals surface area contributed by atoms with E-state index in [0.717, 1.165) is 77.8 Å². The number of nitrogens with two attached hydrogens (primary N) is 1. The van der Waals surface area contributed by atoms with E-state index in [4.69, 9.17) is 10.5 Å². The van der Waals surface area contributed by atoms with Crippen molar-refractivity contribution in [2.75, 3.05) is 32.8 Å². The predicted octanol–water partition coefficient (Wildman–Crippen LogP) is 2.35. The van der Waals surface area contributed by atoms with Crippen LogP contribution in [0.3, 0.4) is 0 Å². The van der Waals surface area contributed by atoms with E-state index in [9.17, 15) is 4.79 Å². The monoisotopic (exact) mass is 304 g/mol. The SMILES string of the molecule is Cl.NCCCCCCC(=O)N1CCC2(CCOCC2)C1. The average Bonchev–Trinajstić information content (AvgIpc) is 2.83. The summed E-state index contributed by atoms with van der Waals surface area (Å²) in [6, 6.07) is 0. The van der Waals surface area contributed by atoms with Crippen LogP contribution in [0.4, 0.5) is 0 Å². The van der Waals surface area contributed by atoms with E-state index in [2.05, 4.69) is 4.90 Å². The molecule has 2 aliphatic heterocycles. The van der Waals surface area contributed by atoms with E-state index >= 15 is 0 Å². The second-order valence-corrected chi connectivity index (χ2v) is 6.13. The van der Waals surface area contributed by atoms with Gasteiger partial charge in [0.05, 0.1) is 0 Å². The molecule has 0 bridgehead atoms. The standard InChI is InChI=1S/C15H28N2O2.ClH/c16-9-4-2-1-3-5-14(18)17-10-6-15(13-17)7-11-19-12-8-15;/h1-13,16H2;1H. The van der Waals surface area contributed by atoms with Gasteiger partial charge in [-0.15, -0.1) is 12.4 Å². The summed E-state index contributed by atoms with van der Waals surface area (Å²) < 4.78 is 5.44. The average molecular weight is 305 g/mol. The van der Waals surface area contributed by atoms with Gasteiger partial charge in [0.2, 0.25) is 5.91 Å². The lowest BCUT2D eigenvalue weighted by molar-refractivity contribution is -0.131. The third-order valence-electron chi connectivity index (χ3n) is 4.69. The Morgan fingerprint density at radius 3 is 2.50 bits per heavy atom. The third-order valence-corrected chi connectivity index (χ3v) is 4.69. The highest BCUT2D eigenvalue weighted by Gasteiger charge is 2.40. The number of rotatable bonds is 6. The highest BCUT2D eigenvalue weighted by Crippen LogP contribution is 2.39. The Morgan fingerprint density at radius 1 is 1.10 bits per heavy atom. The van der Waals surface area contributed by atoms with E-state index in [1.54, 1.807) is 0 Å². The molecule has 2 heterocycles. The maximum absolute atomic E-state index is 12.2. The van der Waals surface area contributed by atoms with Crippen molar-refractivity contribution < 1.29 is 9.53 Å². The molecule has 5 heteroatoms. The second-order valence-electron chi connectivity index (χ2n) is 6.13. The molecule has 0 unspecified atom stereocenters. The first-order valence-corrected chi connectivity index (χ1v) is 7.81. The van der Waals surface area contributed by atoms with Crippen molar-refractivity contribution in [1.82, 2.24) is 4.90 Å². The summed E-state index contributed by atoms with van der Waals surface area (Å²) in [7, 11) is 0. The van der Waals surface area contributed by atoms with Crippen molar-refractivity contribution in [3.05, 3.63) is 0 Å². The van der Waals surface area contributed by atoms with Crippen molar-refractivity contribution in [3.8, 4) is 0 Å². The van der Waals surface area contributed by atoms with Crippen LogP contribution in [0.25, 0.3) is 0 Å². The fraction of sp³-hybridized carbons (Fsp3) is 0.933. The summed E-state index contributed by atoms with van der Waals surface area (Å²) in [6.45, 7) is 4.45. The van der Waals surface area contributed by atoms with Crippen molar-refractivity contribution >= 4 is 18.3 Å². The zero-order chi connectivity index (χ0) is 13.6. The smallest absolute Gasteiger partial charge is 0.222 e. The van der Waals surface area contributed by atoms with Crippen LogP contribution in [-0.4, -0.2) is 43.7 Å². The third kappa shape index (κ3) is 4.90. The molecule has 0 saturated carbocycles. The summed E-state index contributed by atoms with van der Waals surface area (Å²) in [5.41, 5.74) is 5.85. The minimum atomic E-state index is 0. The van der Waals surface area contributed by atoms with Gasteiger partial charge in [-0.3, -0.25) is 4.79 Å². The number of hydrogen-bond acceptors (Lipinski definition) is 3. The lowest BCUT2D eigenvalue weighted by atomic mass is 9.80. The fourth-order valence-electron chi connectivity index (χ4n) is 3.29. The van der Waals surface area contributed by atoms with E-state index in [1.165, 1.54) is 6.42 Å². The zero-order valence-corrected chi connectivity index (χ0v) is 13.3. The van der Waals surface area contributed by atoms with Gasteiger partial charge in [0.1, 0.15) is 0 Å². The number of hydrogen-bond donors (Lipinski definition) is 1. The maximum atomic E-state index is 12.2. The summed E-state index contributed by atoms with van der Waals surface area (Å²) in [5.74, 6) is 0.358. The number of ether oxygens (including phenoxy) is 1. The van der Waals surface area contributed by atoms with Crippen LogP contribution >= 0.6 is 12.4 Å². The largest absolute Gasteiger partial charge is 0.381 e. The van der Waals surface area contributed by atoms with Gasteiger partial charge in [-0.05, 0) is 44.1 Å². The Labute approximate surface area is 128 Å². The van der Waals surface area contributed by atoms with Gasteiger partial charge in [-0.2, -0.15) is 0 Å². The van der Waals surface area contributed by atoms with Crippen molar-refractivity contribution in [1.29, 1.82) is 0 Å². The van der Waals surface area contributed by atoms with Gasteiger partial charge in [0.15, 0.2) is 0 Å². The summed E-state index contributed by atoms with van der Waals surface area (Å²) in [4.78, 5) is 14.3. The first kappa shape index (κ1) is 17.7. The Bertz CT molecular complexity index is 294. The molecule has 2 N–H and O–H groups in total. The molecular formula is C15H29ClN2O2. The second kappa shape index (κ2) is 8.85. The molecular weight excluding hydrogens is 276 g/mol. The number of nitrogens with zero attached hydrogens (tertiary/aromatic N) is 1. The van der Waals surface area contributed by atoms with Gasteiger partial charge in [0, 0.05) is 32.7 Å². The summed E-state index contributed by atoms with van der Waals surface area (Å²) in [5, 5.41) is 0. The molecule has 20 heavy (non-hydrogen) atoms. The van der Waals surface area contributed by atoms with E-state index in [-0.39, 0.29) is 12.4 Å². The molecule has 118 valence electrons. The Morgan fingerprint density at radius 2 is 1.80 bits per heavy atom. The van der Waals surface area contributed by atoms with Gasteiger partial charge < -0.3 is 15.4 Å². The minimum absolute atomic E-state index is 0. The molecule has 0 aromatic carbocycles. The van der Waals surface area contributed by atoms with Crippen molar-refractivity contribution in [2.24, 2.45) is 11.1 Å². The molecule has 0 atom stereocenters. The predicted molar refractivity (Wildman–Crippen MR) is 83.1 cm³/mol. The maximum Gasteiger partial charge on any atom is 0.222 e. The molecule has 0 aromatic rings. The lowest BCUT2D eigenvalue weighted by Gasteiger charge is -2.33. The van der Waals surface area contributed by atoms with E-state index in [1.807, 2.05) is 0 Å².